The molecule has 2 aromatic rings. The first-order valence-electron chi connectivity index (χ1n) is 4.66. The van der Waals surface area contributed by atoms with Gasteiger partial charge < -0.3 is 0 Å². The highest BCUT2D eigenvalue weighted by atomic mass is 35.5. The lowest BCUT2D eigenvalue weighted by Gasteiger charge is -2.04. The number of nitrogens with zero attached hydrogens (tertiary/aromatic N) is 1. The first-order chi connectivity index (χ1) is 7.70. The zero-order valence-corrected chi connectivity index (χ0v) is 9.00. The lowest BCUT2D eigenvalue weighted by atomic mass is 10.0. The van der Waals surface area contributed by atoms with Gasteiger partial charge in [-0.3, -0.25) is 0 Å². The fraction of sp³-hybridized carbons (Fsp3) is 0. The van der Waals surface area contributed by atoms with Crippen molar-refractivity contribution < 1.29 is 4.39 Å². The van der Waals surface area contributed by atoms with E-state index in [0.29, 0.717) is 21.7 Å². The van der Waals surface area contributed by atoms with E-state index < -0.39 is 5.82 Å². The molecule has 0 radical (unpaired) electrons. The summed E-state index contributed by atoms with van der Waals surface area (Å²) in [5, 5.41) is 9.26. The van der Waals surface area contributed by atoms with Gasteiger partial charge in [-0.1, -0.05) is 29.8 Å². The van der Waals surface area contributed by atoms with Crippen molar-refractivity contribution in [2.75, 3.05) is 0 Å². The maximum Gasteiger partial charge on any atom is 0.125 e. The minimum atomic E-state index is -0.407. The van der Waals surface area contributed by atoms with Crippen LogP contribution < -0.4 is 0 Å². The van der Waals surface area contributed by atoms with Crippen molar-refractivity contribution in [3.8, 4) is 17.2 Å². The fourth-order valence-electron chi connectivity index (χ4n) is 1.54. The molecule has 0 fully saturated rings. The lowest BCUT2D eigenvalue weighted by Crippen LogP contribution is -1.85. The summed E-state index contributed by atoms with van der Waals surface area (Å²) in [6, 6.07) is 13.3. The Balaban J connectivity index is 2.63. The molecule has 0 aliphatic heterocycles. The van der Waals surface area contributed by atoms with Gasteiger partial charge in [0, 0.05) is 5.02 Å². The Morgan fingerprint density at radius 1 is 1.12 bits per heavy atom. The molecule has 0 unspecified atom stereocenters. The standard InChI is InChI=1S/C13H7ClFN/c14-11-5-10(6-12(15)7-11)13-4-2-1-3-9(13)8-16/h1-7H. The quantitative estimate of drug-likeness (QED) is 0.727. The monoisotopic (exact) mass is 231 g/mol. The molecule has 0 N–H and O–H groups in total. The van der Waals surface area contributed by atoms with Crippen LogP contribution in [0.4, 0.5) is 4.39 Å². The average molecular weight is 232 g/mol. The summed E-state index contributed by atoms with van der Waals surface area (Å²) in [5.74, 6) is -0.407. The van der Waals surface area contributed by atoms with Crippen molar-refractivity contribution in [1.29, 1.82) is 5.26 Å². The zero-order valence-electron chi connectivity index (χ0n) is 8.24. The minimum Gasteiger partial charge on any atom is -0.207 e. The Hall–Kier alpha value is -1.85. The van der Waals surface area contributed by atoms with Crippen molar-refractivity contribution in [3.05, 3.63) is 58.9 Å². The van der Waals surface area contributed by atoms with Gasteiger partial charge in [-0.15, -0.1) is 0 Å². The SMILES string of the molecule is N#Cc1ccccc1-c1cc(F)cc(Cl)c1. The van der Waals surface area contributed by atoms with Crippen LogP contribution in [0.3, 0.4) is 0 Å². The first-order valence-corrected chi connectivity index (χ1v) is 5.04. The maximum absolute atomic E-state index is 13.2. The van der Waals surface area contributed by atoms with Crippen LogP contribution in [0.1, 0.15) is 5.56 Å². The van der Waals surface area contributed by atoms with Crippen molar-refractivity contribution in [2.24, 2.45) is 0 Å². The summed E-state index contributed by atoms with van der Waals surface area (Å²) >= 11 is 5.77. The van der Waals surface area contributed by atoms with Crippen molar-refractivity contribution in [2.45, 2.75) is 0 Å². The van der Waals surface area contributed by atoms with Crippen LogP contribution >= 0.6 is 11.6 Å². The van der Waals surface area contributed by atoms with Gasteiger partial charge in [-0.2, -0.15) is 5.26 Å². The van der Waals surface area contributed by atoms with Gasteiger partial charge in [-0.25, -0.2) is 4.39 Å². The maximum atomic E-state index is 13.2. The van der Waals surface area contributed by atoms with E-state index in [0.717, 1.165) is 0 Å². The average Bonchev–Trinajstić information content (AvgIpc) is 2.27. The summed E-state index contributed by atoms with van der Waals surface area (Å²) in [6.07, 6.45) is 0. The Labute approximate surface area is 97.7 Å². The normalized spacial score (nSPS) is 9.81. The Morgan fingerprint density at radius 3 is 2.56 bits per heavy atom. The summed E-state index contributed by atoms with van der Waals surface area (Å²) in [7, 11) is 0. The van der Waals surface area contributed by atoms with E-state index in [-0.39, 0.29) is 0 Å². The third kappa shape index (κ3) is 2.05. The molecule has 0 heterocycles. The molecular weight excluding hydrogens is 225 g/mol. The molecule has 0 amide bonds. The molecule has 78 valence electrons. The summed E-state index contributed by atoms with van der Waals surface area (Å²) in [4.78, 5) is 0. The largest absolute Gasteiger partial charge is 0.207 e. The summed E-state index contributed by atoms with van der Waals surface area (Å²) < 4.78 is 13.2. The van der Waals surface area contributed by atoms with Gasteiger partial charge in [0.05, 0.1) is 11.6 Å². The number of hydrogen-bond acceptors (Lipinski definition) is 1. The van der Waals surface area contributed by atoms with Crippen LogP contribution in [0.15, 0.2) is 42.5 Å². The molecule has 3 heteroatoms. The third-order valence-corrected chi connectivity index (χ3v) is 2.44. The van der Waals surface area contributed by atoms with Crippen LogP contribution in [-0.2, 0) is 0 Å². The molecule has 2 aromatic carbocycles. The number of hydrogen-bond donors (Lipinski definition) is 0. The smallest absolute Gasteiger partial charge is 0.125 e. The predicted octanol–water partition coefficient (Wildman–Crippen LogP) is 4.02. The third-order valence-electron chi connectivity index (χ3n) is 2.22. The van der Waals surface area contributed by atoms with E-state index >= 15 is 0 Å². The highest BCUT2D eigenvalue weighted by Crippen LogP contribution is 2.26. The number of halogens is 2. The molecular formula is C13H7ClFN. The molecule has 0 spiro atoms. The molecule has 2 rings (SSSR count). The van der Waals surface area contributed by atoms with Gasteiger partial charge in [0.2, 0.25) is 0 Å². The van der Waals surface area contributed by atoms with Crippen LogP contribution in [0, 0.1) is 17.1 Å². The molecule has 1 nitrogen and oxygen atoms in total. The minimum absolute atomic E-state index is 0.322. The summed E-state index contributed by atoms with van der Waals surface area (Å²) in [5.41, 5.74) is 1.80. The zero-order chi connectivity index (χ0) is 11.5. The van der Waals surface area contributed by atoms with Crippen LogP contribution in [0.25, 0.3) is 11.1 Å². The molecule has 16 heavy (non-hydrogen) atoms. The van der Waals surface area contributed by atoms with Crippen molar-refractivity contribution in [3.63, 3.8) is 0 Å². The molecule has 0 aliphatic carbocycles. The van der Waals surface area contributed by atoms with Crippen molar-refractivity contribution >= 4 is 11.6 Å². The predicted molar refractivity (Wildman–Crippen MR) is 61.6 cm³/mol. The first kappa shape index (κ1) is 10.7. The second-order valence-electron chi connectivity index (χ2n) is 3.32. The number of rotatable bonds is 1. The highest BCUT2D eigenvalue weighted by molar-refractivity contribution is 6.30. The van der Waals surface area contributed by atoms with Crippen LogP contribution in [-0.4, -0.2) is 0 Å². The molecule has 0 atom stereocenters. The Morgan fingerprint density at radius 2 is 1.88 bits per heavy atom. The van der Waals surface area contributed by atoms with E-state index in [1.165, 1.54) is 12.1 Å². The van der Waals surface area contributed by atoms with Crippen LogP contribution in [0.5, 0.6) is 0 Å². The highest BCUT2D eigenvalue weighted by Gasteiger charge is 2.06. The van der Waals surface area contributed by atoms with Gasteiger partial charge in [0.25, 0.3) is 0 Å². The number of benzene rings is 2. The van der Waals surface area contributed by atoms with E-state index in [1.54, 1.807) is 30.3 Å². The van der Waals surface area contributed by atoms with E-state index in [2.05, 4.69) is 6.07 Å². The molecule has 0 bridgehead atoms. The molecule has 0 saturated heterocycles. The second kappa shape index (κ2) is 4.34. The van der Waals surface area contributed by atoms with Crippen molar-refractivity contribution in [1.82, 2.24) is 0 Å². The lowest BCUT2D eigenvalue weighted by molar-refractivity contribution is 0.628. The van der Waals surface area contributed by atoms with Gasteiger partial charge in [0.15, 0.2) is 0 Å². The second-order valence-corrected chi connectivity index (χ2v) is 3.75. The Kier molecular flexibility index (Phi) is 2.89. The van der Waals surface area contributed by atoms with E-state index in [1.807, 2.05) is 0 Å². The fourth-order valence-corrected chi connectivity index (χ4v) is 1.76. The molecule has 0 saturated carbocycles. The molecule has 0 aliphatic rings. The topological polar surface area (TPSA) is 23.8 Å². The van der Waals surface area contributed by atoms with Gasteiger partial charge in [0.1, 0.15) is 5.82 Å². The summed E-state index contributed by atoms with van der Waals surface area (Å²) in [6.45, 7) is 0. The van der Waals surface area contributed by atoms with E-state index in [9.17, 15) is 4.39 Å². The number of nitriles is 1. The Bertz CT molecular complexity index is 552. The van der Waals surface area contributed by atoms with Gasteiger partial charge >= 0.3 is 0 Å². The molecule has 0 aromatic heterocycles. The van der Waals surface area contributed by atoms with Gasteiger partial charge in [-0.05, 0) is 35.4 Å². The van der Waals surface area contributed by atoms with E-state index in [4.69, 9.17) is 16.9 Å². The van der Waals surface area contributed by atoms with Crippen LogP contribution in [0.2, 0.25) is 5.02 Å².